The van der Waals surface area contributed by atoms with Gasteiger partial charge in [0, 0.05) is 67.6 Å². The highest BCUT2D eigenvalue weighted by molar-refractivity contribution is 6.09. The Balaban J connectivity index is 1.07. The highest BCUT2D eigenvalue weighted by Gasteiger charge is 2.29. The molecule has 8 heteroatoms. The van der Waals surface area contributed by atoms with Crippen LogP contribution >= 0.6 is 0 Å². The zero-order valence-electron chi connectivity index (χ0n) is 19.9. The van der Waals surface area contributed by atoms with Crippen molar-refractivity contribution in [1.82, 2.24) is 30.1 Å². The lowest BCUT2D eigenvalue weighted by molar-refractivity contribution is 0.143. The molecule has 180 valence electrons. The molecule has 3 aliphatic heterocycles. The molecule has 2 N–H and O–H groups in total. The third-order valence-corrected chi connectivity index (χ3v) is 7.95. The number of piperidine rings is 2. The van der Waals surface area contributed by atoms with Crippen LogP contribution < -0.4 is 10.2 Å². The highest BCUT2D eigenvalue weighted by atomic mass is 16.2. The molecule has 0 aliphatic carbocycles. The number of urea groups is 1. The number of hydrogen-bond donors (Lipinski definition) is 2. The van der Waals surface area contributed by atoms with E-state index in [9.17, 15) is 4.79 Å². The van der Waals surface area contributed by atoms with Crippen molar-refractivity contribution in [3.63, 3.8) is 0 Å². The molecule has 3 aromatic rings. The number of H-pyrrole nitrogens is 1. The van der Waals surface area contributed by atoms with Gasteiger partial charge in [0.05, 0.1) is 11.7 Å². The predicted molar refractivity (Wildman–Crippen MR) is 135 cm³/mol. The molecule has 6 rings (SSSR count). The van der Waals surface area contributed by atoms with E-state index >= 15 is 0 Å². The van der Waals surface area contributed by atoms with Gasteiger partial charge in [-0.25, -0.2) is 9.78 Å². The monoisotopic (exact) mass is 461 g/mol. The van der Waals surface area contributed by atoms with Crippen LogP contribution in [0.3, 0.4) is 0 Å². The second-order valence-corrected chi connectivity index (χ2v) is 10.3. The van der Waals surface area contributed by atoms with E-state index in [-0.39, 0.29) is 12.1 Å². The Morgan fingerprint density at radius 1 is 1.03 bits per heavy atom. The number of nitrogens with one attached hydrogen (secondary N) is 2. The van der Waals surface area contributed by atoms with E-state index in [1.807, 2.05) is 18.6 Å². The summed E-state index contributed by atoms with van der Waals surface area (Å²) in [4.78, 5) is 32.4. The standard InChI is InChI=1S/C26H35N7O/c34-26(33-13-3-4-19(18-33)17-31-11-1-2-12-31)30-20-7-14-32(15-8-20)23-6-10-27-22-16-29-25-21(24(22)23)5-9-28-25/h5-6,9-10,16,19-20H,1-4,7-8,11-15,17-18H2,(H,28,29)(H,30,34). The molecule has 0 saturated carbocycles. The second kappa shape index (κ2) is 9.41. The van der Waals surface area contributed by atoms with Crippen LogP contribution in [0.1, 0.15) is 38.5 Å². The zero-order valence-corrected chi connectivity index (χ0v) is 19.9. The zero-order chi connectivity index (χ0) is 22.9. The van der Waals surface area contributed by atoms with Crippen molar-refractivity contribution in [2.75, 3.05) is 50.7 Å². The fourth-order valence-corrected chi connectivity index (χ4v) is 6.16. The first-order valence-electron chi connectivity index (χ1n) is 13.0. The Morgan fingerprint density at radius 3 is 2.74 bits per heavy atom. The number of nitrogens with zero attached hydrogens (tertiary/aromatic N) is 5. The Bertz CT molecular complexity index is 1150. The Labute approximate surface area is 200 Å². The van der Waals surface area contributed by atoms with E-state index in [1.165, 1.54) is 38.0 Å². The van der Waals surface area contributed by atoms with Gasteiger partial charge in [0.1, 0.15) is 5.65 Å². The number of hydrogen-bond acceptors (Lipinski definition) is 5. The SMILES string of the molecule is O=C(NC1CCN(c2ccnc3cnc4[nH]ccc4c23)CC1)N1CCCC(CN2CCCC2)C1. The summed E-state index contributed by atoms with van der Waals surface area (Å²) in [7, 11) is 0. The first-order valence-corrected chi connectivity index (χ1v) is 13.0. The van der Waals surface area contributed by atoms with E-state index < -0.39 is 0 Å². The molecule has 8 nitrogen and oxygen atoms in total. The van der Waals surface area contributed by atoms with Crippen molar-refractivity contribution in [3.05, 3.63) is 30.7 Å². The maximum absolute atomic E-state index is 13.1. The topological polar surface area (TPSA) is 80.4 Å². The van der Waals surface area contributed by atoms with Crippen molar-refractivity contribution in [3.8, 4) is 0 Å². The number of fused-ring (bicyclic) bond motifs is 3. The lowest BCUT2D eigenvalue weighted by Gasteiger charge is -2.38. The van der Waals surface area contributed by atoms with E-state index in [0.29, 0.717) is 5.92 Å². The summed E-state index contributed by atoms with van der Waals surface area (Å²) >= 11 is 0. The van der Waals surface area contributed by atoms with Crippen LogP contribution in [0.4, 0.5) is 10.5 Å². The molecule has 0 radical (unpaired) electrons. The molecule has 3 fully saturated rings. The van der Waals surface area contributed by atoms with Gasteiger partial charge in [-0.05, 0) is 69.7 Å². The number of carbonyl (C=O) groups is 1. The fraction of sp³-hybridized carbons (Fsp3) is 0.577. The molecule has 0 bridgehead atoms. The van der Waals surface area contributed by atoms with Crippen LogP contribution in [0.5, 0.6) is 0 Å². The molecule has 34 heavy (non-hydrogen) atoms. The smallest absolute Gasteiger partial charge is 0.317 e. The van der Waals surface area contributed by atoms with Gasteiger partial charge in [0.2, 0.25) is 0 Å². The van der Waals surface area contributed by atoms with Crippen molar-refractivity contribution < 1.29 is 4.79 Å². The van der Waals surface area contributed by atoms with Gasteiger partial charge >= 0.3 is 6.03 Å². The van der Waals surface area contributed by atoms with Gasteiger partial charge in [-0.2, -0.15) is 0 Å². The lowest BCUT2D eigenvalue weighted by Crippen LogP contribution is -2.52. The minimum atomic E-state index is 0.138. The summed E-state index contributed by atoms with van der Waals surface area (Å²) in [6.07, 6.45) is 12.6. The number of amides is 2. The minimum Gasteiger partial charge on any atom is -0.371 e. The van der Waals surface area contributed by atoms with Crippen molar-refractivity contribution in [2.45, 2.75) is 44.6 Å². The van der Waals surface area contributed by atoms with Crippen LogP contribution in [0, 0.1) is 5.92 Å². The normalized spacial score (nSPS) is 22.6. The molecule has 0 aromatic carbocycles. The van der Waals surface area contributed by atoms with Crippen LogP contribution in [0.2, 0.25) is 0 Å². The Kier molecular flexibility index (Phi) is 5.99. The third kappa shape index (κ3) is 4.31. The number of rotatable bonds is 4. The third-order valence-electron chi connectivity index (χ3n) is 7.95. The van der Waals surface area contributed by atoms with Gasteiger partial charge in [0.25, 0.3) is 0 Å². The number of carbonyl (C=O) groups excluding carboxylic acids is 1. The first kappa shape index (κ1) is 21.6. The molecule has 1 unspecified atom stereocenters. The highest BCUT2D eigenvalue weighted by Crippen LogP contribution is 2.32. The summed E-state index contributed by atoms with van der Waals surface area (Å²) in [6, 6.07) is 4.57. The molecule has 6 heterocycles. The molecule has 3 saturated heterocycles. The van der Waals surface area contributed by atoms with Crippen LogP contribution in [-0.2, 0) is 0 Å². The van der Waals surface area contributed by atoms with Gasteiger partial charge in [-0.3, -0.25) is 4.98 Å². The van der Waals surface area contributed by atoms with Gasteiger partial charge in [0.15, 0.2) is 0 Å². The molecule has 0 spiro atoms. The maximum Gasteiger partial charge on any atom is 0.317 e. The Hall–Kier alpha value is -2.87. The summed E-state index contributed by atoms with van der Waals surface area (Å²) in [5.41, 5.74) is 3.03. The summed E-state index contributed by atoms with van der Waals surface area (Å²) < 4.78 is 0. The van der Waals surface area contributed by atoms with E-state index in [2.05, 4.69) is 47.1 Å². The number of pyridine rings is 2. The fourth-order valence-electron chi connectivity index (χ4n) is 6.16. The van der Waals surface area contributed by atoms with Crippen LogP contribution in [0.25, 0.3) is 21.9 Å². The minimum absolute atomic E-state index is 0.138. The summed E-state index contributed by atoms with van der Waals surface area (Å²) in [5.74, 6) is 0.624. The molecular formula is C26H35N7O. The molecular weight excluding hydrogens is 426 g/mol. The largest absolute Gasteiger partial charge is 0.371 e. The van der Waals surface area contributed by atoms with Crippen molar-refractivity contribution >= 4 is 33.7 Å². The van der Waals surface area contributed by atoms with E-state index in [0.717, 1.165) is 73.9 Å². The lowest BCUT2D eigenvalue weighted by atomic mass is 9.97. The van der Waals surface area contributed by atoms with Gasteiger partial charge in [-0.15, -0.1) is 0 Å². The quantitative estimate of drug-likeness (QED) is 0.621. The number of aromatic nitrogens is 3. The average Bonchev–Trinajstić information content (AvgIpc) is 3.56. The van der Waals surface area contributed by atoms with Gasteiger partial charge in [-0.1, -0.05) is 0 Å². The van der Waals surface area contributed by atoms with Crippen LogP contribution in [0.15, 0.2) is 30.7 Å². The maximum atomic E-state index is 13.1. The molecule has 2 amide bonds. The second-order valence-electron chi connectivity index (χ2n) is 10.3. The molecule has 3 aliphatic rings. The van der Waals surface area contributed by atoms with Gasteiger partial charge < -0.3 is 25.0 Å². The average molecular weight is 462 g/mol. The van der Waals surface area contributed by atoms with E-state index in [1.54, 1.807) is 0 Å². The molecule has 3 aromatic heterocycles. The first-order chi connectivity index (χ1) is 16.7. The van der Waals surface area contributed by atoms with Crippen molar-refractivity contribution in [1.29, 1.82) is 0 Å². The number of aromatic amines is 1. The predicted octanol–water partition coefficient (Wildman–Crippen LogP) is 3.60. The molecule has 1 atom stereocenters. The summed E-state index contributed by atoms with van der Waals surface area (Å²) in [5, 5.41) is 5.63. The van der Waals surface area contributed by atoms with E-state index in [4.69, 9.17) is 0 Å². The Morgan fingerprint density at radius 2 is 1.88 bits per heavy atom. The van der Waals surface area contributed by atoms with Crippen molar-refractivity contribution in [2.24, 2.45) is 5.92 Å². The number of anilines is 1. The van der Waals surface area contributed by atoms with Crippen LogP contribution in [-0.4, -0.2) is 82.6 Å². The summed E-state index contributed by atoms with van der Waals surface area (Å²) in [6.45, 7) is 7.29. The number of likely N-dealkylation sites (tertiary alicyclic amines) is 2.